The lowest BCUT2D eigenvalue weighted by Gasteiger charge is -2.18. The average molecular weight is 389 g/mol. The Morgan fingerprint density at radius 3 is 2.25 bits per heavy atom. The summed E-state index contributed by atoms with van der Waals surface area (Å²) in [7, 11) is 0. The van der Waals surface area contributed by atoms with E-state index in [4.69, 9.17) is 4.74 Å². The molecule has 0 aliphatic rings. The van der Waals surface area contributed by atoms with Gasteiger partial charge >= 0.3 is 6.36 Å². The number of hydrogen-bond donors (Lipinski definition) is 1. The number of amides is 1. The molecule has 1 atom stereocenters. The Bertz CT molecular complexity index is 955. The van der Waals surface area contributed by atoms with Gasteiger partial charge in [-0.3, -0.25) is 4.79 Å². The molecular formula is C21H18F3NO3. The molecule has 28 heavy (non-hydrogen) atoms. The summed E-state index contributed by atoms with van der Waals surface area (Å²) in [5, 5.41) is 4.70. The molecule has 0 aliphatic carbocycles. The highest BCUT2D eigenvalue weighted by Gasteiger charge is 2.31. The number of alkyl halides is 3. The fraction of sp³-hybridized carbons (Fsp3) is 0.190. The Kier molecular flexibility index (Phi) is 5.73. The van der Waals surface area contributed by atoms with Crippen molar-refractivity contribution in [3.63, 3.8) is 0 Å². The molecule has 0 heterocycles. The second-order valence-corrected chi connectivity index (χ2v) is 6.09. The number of anilines is 1. The van der Waals surface area contributed by atoms with Crippen molar-refractivity contribution in [1.29, 1.82) is 0 Å². The molecular weight excluding hydrogens is 371 g/mol. The number of ether oxygens (including phenoxy) is 2. The van der Waals surface area contributed by atoms with Crippen molar-refractivity contribution in [2.75, 3.05) is 5.32 Å². The quantitative estimate of drug-likeness (QED) is 0.603. The number of carbonyl (C=O) groups excluding carboxylic acids is 1. The van der Waals surface area contributed by atoms with E-state index in [1.165, 1.54) is 12.1 Å². The summed E-state index contributed by atoms with van der Waals surface area (Å²) in [5.74, 6) is -0.181. The van der Waals surface area contributed by atoms with Crippen LogP contribution in [0.2, 0.25) is 0 Å². The number of hydrogen-bond acceptors (Lipinski definition) is 3. The predicted molar refractivity (Wildman–Crippen MR) is 100 cm³/mol. The second kappa shape index (κ2) is 8.21. The normalized spacial score (nSPS) is 12.4. The summed E-state index contributed by atoms with van der Waals surface area (Å²) in [4.78, 5) is 12.5. The zero-order chi connectivity index (χ0) is 20.1. The Hall–Kier alpha value is -3.22. The van der Waals surface area contributed by atoms with Gasteiger partial charge in [0.2, 0.25) is 0 Å². The first-order chi connectivity index (χ1) is 13.3. The van der Waals surface area contributed by atoms with Crippen LogP contribution in [-0.4, -0.2) is 18.4 Å². The molecule has 1 amide bonds. The summed E-state index contributed by atoms with van der Waals surface area (Å²) in [6, 6.07) is 18.3. The van der Waals surface area contributed by atoms with Gasteiger partial charge in [-0.05, 0) is 53.6 Å². The van der Waals surface area contributed by atoms with Crippen molar-refractivity contribution < 1.29 is 27.4 Å². The maximum Gasteiger partial charge on any atom is 0.573 e. The topological polar surface area (TPSA) is 47.6 Å². The van der Waals surface area contributed by atoms with Crippen LogP contribution < -0.4 is 14.8 Å². The molecule has 0 aliphatic heterocycles. The first kappa shape index (κ1) is 19.5. The van der Waals surface area contributed by atoms with Gasteiger partial charge in [-0.15, -0.1) is 13.2 Å². The molecule has 0 saturated carbocycles. The third kappa shape index (κ3) is 5.16. The van der Waals surface area contributed by atoms with Crippen LogP contribution in [0.5, 0.6) is 11.5 Å². The van der Waals surface area contributed by atoms with E-state index in [9.17, 15) is 18.0 Å². The molecule has 0 aromatic heterocycles. The van der Waals surface area contributed by atoms with Crippen LogP contribution in [0.1, 0.15) is 13.3 Å². The summed E-state index contributed by atoms with van der Waals surface area (Å²) in [6.45, 7) is 1.81. The Morgan fingerprint density at radius 1 is 0.964 bits per heavy atom. The monoisotopic (exact) mass is 389 g/mol. The third-order valence-electron chi connectivity index (χ3n) is 4.02. The molecule has 146 valence electrons. The standard InChI is InChI=1S/C21H18F3NO3/c1-2-19(27-18-10-7-14-5-3-4-6-15(14)13-18)20(26)25-16-8-11-17(12-9-16)28-21(22,23)24/h3-13,19H,2H2,1H3,(H,25,26)/t19-/m0/s1. The van der Waals surface area contributed by atoms with Crippen LogP contribution in [0.25, 0.3) is 10.8 Å². The van der Waals surface area contributed by atoms with Gasteiger partial charge in [0.25, 0.3) is 5.91 Å². The summed E-state index contributed by atoms with van der Waals surface area (Å²) >= 11 is 0. The molecule has 0 bridgehead atoms. The molecule has 3 rings (SSSR count). The van der Waals surface area contributed by atoms with E-state index in [1.54, 1.807) is 6.07 Å². The van der Waals surface area contributed by atoms with E-state index in [0.29, 0.717) is 17.9 Å². The highest BCUT2D eigenvalue weighted by atomic mass is 19.4. The van der Waals surface area contributed by atoms with Crippen LogP contribution in [0.4, 0.5) is 18.9 Å². The van der Waals surface area contributed by atoms with E-state index >= 15 is 0 Å². The fourth-order valence-electron chi connectivity index (χ4n) is 2.69. The lowest BCUT2D eigenvalue weighted by Crippen LogP contribution is -2.32. The molecule has 3 aromatic rings. The fourth-order valence-corrected chi connectivity index (χ4v) is 2.69. The van der Waals surface area contributed by atoms with Crippen LogP contribution in [0, 0.1) is 0 Å². The highest BCUT2D eigenvalue weighted by molar-refractivity contribution is 5.94. The van der Waals surface area contributed by atoms with Crippen LogP contribution >= 0.6 is 0 Å². The van der Waals surface area contributed by atoms with Gasteiger partial charge in [0, 0.05) is 5.69 Å². The number of fused-ring (bicyclic) bond motifs is 1. The van der Waals surface area contributed by atoms with Crippen molar-refractivity contribution in [2.24, 2.45) is 0 Å². The van der Waals surface area contributed by atoms with Gasteiger partial charge in [0.15, 0.2) is 6.10 Å². The van der Waals surface area contributed by atoms with Gasteiger partial charge in [-0.2, -0.15) is 0 Å². The van der Waals surface area contributed by atoms with E-state index in [-0.39, 0.29) is 11.7 Å². The van der Waals surface area contributed by atoms with Crippen molar-refractivity contribution in [3.8, 4) is 11.5 Å². The number of nitrogens with one attached hydrogen (secondary N) is 1. The number of halogens is 3. The molecule has 0 unspecified atom stereocenters. The largest absolute Gasteiger partial charge is 0.573 e. The smallest absolute Gasteiger partial charge is 0.481 e. The predicted octanol–water partition coefficient (Wildman–Crippen LogP) is 5.53. The van der Waals surface area contributed by atoms with Gasteiger partial charge < -0.3 is 14.8 Å². The summed E-state index contributed by atoms with van der Waals surface area (Å²) in [5.41, 5.74) is 0.347. The molecule has 0 saturated heterocycles. The summed E-state index contributed by atoms with van der Waals surface area (Å²) in [6.07, 6.45) is -5.08. The van der Waals surface area contributed by atoms with Crippen molar-refractivity contribution in [2.45, 2.75) is 25.8 Å². The Balaban J connectivity index is 1.65. The molecule has 4 nitrogen and oxygen atoms in total. The first-order valence-electron chi connectivity index (χ1n) is 8.66. The Morgan fingerprint density at radius 2 is 1.61 bits per heavy atom. The molecule has 7 heteroatoms. The SMILES string of the molecule is CC[C@H](Oc1ccc2ccccc2c1)C(=O)Nc1ccc(OC(F)(F)F)cc1. The lowest BCUT2D eigenvalue weighted by molar-refractivity contribution is -0.274. The van der Waals surface area contributed by atoms with Crippen molar-refractivity contribution in [1.82, 2.24) is 0 Å². The minimum atomic E-state index is -4.76. The van der Waals surface area contributed by atoms with Crippen LogP contribution in [0.3, 0.4) is 0 Å². The van der Waals surface area contributed by atoms with Gasteiger partial charge in [0.1, 0.15) is 11.5 Å². The lowest BCUT2D eigenvalue weighted by atomic mass is 10.1. The third-order valence-corrected chi connectivity index (χ3v) is 4.02. The maximum atomic E-state index is 12.5. The molecule has 0 fully saturated rings. The van der Waals surface area contributed by atoms with Gasteiger partial charge in [-0.1, -0.05) is 37.3 Å². The van der Waals surface area contributed by atoms with E-state index in [2.05, 4.69) is 10.1 Å². The first-order valence-corrected chi connectivity index (χ1v) is 8.66. The number of carbonyl (C=O) groups is 1. The van der Waals surface area contributed by atoms with Gasteiger partial charge in [-0.25, -0.2) is 0 Å². The zero-order valence-electron chi connectivity index (χ0n) is 15.0. The molecule has 3 aromatic carbocycles. The number of rotatable bonds is 6. The van der Waals surface area contributed by atoms with Crippen LogP contribution in [0.15, 0.2) is 66.7 Å². The second-order valence-electron chi connectivity index (χ2n) is 6.09. The van der Waals surface area contributed by atoms with E-state index in [1.807, 2.05) is 43.3 Å². The Labute approximate surface area is 159 Å². The zero-order valence-corrected chi connectivity index (χ0v) is 15.0. The van der Waals surface area contributed by atoms with Crippen molar-refractivity contribution in [3.05, 3.63) is 66.7 Å². The maximum absolute atomic E-state index is 12.5. The molecule has 0 spiro atoms. The van der Waals surface area contributed by atoms with Crippen LogP contribution in [-0.2, 0) is 4.79 Å². The van der Waals surface area contributed by atoms with Crippen molar-refractivity contribution >= 4 is 22.4 Å². The molecule has 1 N–H and O–H groups in total. The highest BCUT2D eigenvalue weighted by Crippen LogP contribution is 2.25. The van der Waals surface area contributed by atoms with E-state index in [0.717, 1.165) is 22.9 Å². The minimum Gasteiger partial charge on any atom is -0.481 e. The molecule has 0 radical (unpaired) electrons. The van der Waals surface area contributed by atoms with E-state index < -0.39 is 12.5 Å². The average Bonchev–Trinajstić information content (AvgIpc) is 2.66. The summed E-state index contributed by atoms with van der Waals surface area (Å²) < 4.78 is 46.2. The van der Waals surface area contributed by atoms with Gasteiger partial charge in [0.05, 0.1) is 0 Å². The number of benzene rings is 3. The minimum absolute atomic E-state index is 0.347.